The van der Waals surface area contributed by atoms with Gasteiger partial charge in [-0.25, -0.2) is 0 Å². The quantitative estimate of drug-likeness (QED) is 0.721. The number of rotatable bonds is 4. The summed E-state index contributed by atoms with van der Waals surface area (Å²) in [6.45, 7) is 4.38. The fourth-order valence-corrected chi connectivity index (χ4v) is 1.58. The zero-order valence-corrected chi connectivity index (χ0v) is 8.29. The minimum Gasteiger partial charge on any atom is -0.411 e. The summed E-state index contributed by atoms with van der Waals surface area (Å²) in [4.78, 5) is 4.81. The summed E-state index contributed by atoms with van der Waals surface area (Å²) in [6, 6.07) is 7.93. The Morgan fingerprint density at radius 1 is 1.38 bits per heavy atom. The van der Waals surface area contributed by atoms with Crippen molar-refractivity contribution >= 4 is 0 Å². The van der Waals surface area contributed by atoms with Gasteiger partial charge in [-0.1, -0.05) is 38.5 Å². The van der Waals surface area contributed by atoms with E-state index in [0.29, 0.717) is 5.92 Å². The third-order valence-electron chi connectivity index (χ3n) is 2.30. The maximum Gasteiger partial charge on any atom is 0.150 e. The van der Waals surface area contributed by atoms with Crippen LogP contribution in [0.25, 0.3) is 0 Å². The molecule has 13 heavy (non-hydrogen) atoms. The van der Waals surface area contributed by atoms with Crippen molar-refractivity contribution in [2.75, 3.05) is 0 Å². The van der Waals surface area contributed by atoms with Crippen molar-refractivity contribution in [3.63, 3.8) is 0 Å². The van der Waals surface area contributed by atoms with Crippen LogP contribution in [0.3, 0.4) is 0 Å². The van der Waals surface area contributed by atoms with Gasteiger partial charge in [-0.15, -0.1) is 0 Å². The van der Waals surface area contributed by atoms with Crippen molar-refractivity contribution < 1.29 is 4.84 Å². The molecular formula is C11H17NO. The van der Waals surface area contributed by atoms with Crippen molar-refractivity contribution in [3.05, 3.63) is 29.8 Å². The van der Waals surface area contributed by atoms with Crippen LogP contribution in [0, 0.1) is 0 Å². The van der Waals surface area contributed by atoms with E-state index in [2.05, 4.69) is 19.9 Å². The Morgan fingerprint density at radius 3 is 2.69 bits per heavy atom. The average molecular weight is 179 g/mol. The Bertz CT molecular complexity index is 260. The van der Waals surface area contributed by atoms with Crippen LogP contribution >= 0.6 is 0 Å². The first kappa shape index (κ1) is 10.1. The molecule has 0 radical (unpaired) electrons. The van der Waals surface area contributed by atoms with Crippen LogP contribution < -0.4 is 10.7 Å². The molecule has 1 atom stereocenters. The van der Waals surface area contributed by atoms with Gasteiger partial charge < -0.3 is 4.84 Å². The van der Waals surface area contributed by atoms with Crippen molar-refractivity contribution in [1.29, 1.82) is 0 Å². The summed E-state index contributed by atoms with van der Waals surface area (Å²) >= 11 is 0. The Balaban J connectivity index is 2.85. The van der Waals surface area contributed by atoms with Gasteiger partial charge in [0, 0.05) is 0 Å². The number of benzene rings is 1. The molecule has 0 spiro atoms. The fraction of sp³-hybridized carbons (Fsp3) is 0.455. The zero-order valence-electron chi connectivity index (χ0n) is 8.29. The fourth-order valence-electron chi connectivity index (χ4n) is 1.58. The number of hydrogen-bond donors (Lipinski definition) is 1. The number of nitrogens with two attached hydrogens (primary N) is 1. The van der Waals surface area contributed by atoms with Gasteiger partial charge in [0.25, 0.3) is 0 Å². The zero-order chi connectivity index (χ0) is 9.68. The summed E-state index contributed by atoms with van der Waals surface area (Å²) in [6.07, 6.45) is 2.35. The molecule has 0 aliphatic rings. The average Bonchev–Trinajstić information content (AvgIpc) is 2.18. The van der Waals surface area contributed by atoms with Crippen LogP contribution in [0.4, 0.5) is 0 Å². The van der Waals surface area contributed by atoms with Crippen LogP contribution in [0.1, 0.15) is 38.2 Å². The first-order valence-electron chi connectivity index (χ1n) is 4.75. The van der Waals surface area contributed by atoms with Gasteiger partial charge >= 0.3 is 0 Å². The molecule has 1 aromatic carbocycles. The van der Waals surface area contributed by atoms with Gasteiger partial charge in [0.05, 0.1) is 0 Å². The highest BCUT2D eigenvalue weighted by atomic mass is 16.6. The monoisotopic (exact) mass is 179 g/mol. The van der Waals surface area contributed by atoms with E-state index in [1.165, 1.54) is 18.4 Å². The van der Waals surface area contributed by atoms with E-state index < -0.39 is 0 Å². The van der Waals surface area contributed by atoms with E-state index in [1.807, 2.05) is 18.2 Å². The lowest BCUT2D eigenvalue weighted by Gasteiger charge is -2.13. The van der Waals surface area contributed by atoms with Crippen molar-refractivity contribution in [2.45, 2.75) is 32.6 Å². The molecule has 0 bridgehead atoms. The van der Waals surface area contributed by atoms with Gasteiger partial charge in [-0.2, -0.15) is 5.90 Å². The van der Waals surface area contributed by atoms with E-state index in [0.717, 1.165) is 5.75 Å². The van der Waals surface area contributed by atoms with Crippen molar-refractivity contribution in [1.82, 2.24) is 0 Å². The molecule has 0 heterocycles. The molecule has 0 fully saturated rings. The van der Waals surface area contributed by atoms with Gasteiger partial charge in [-0.3, -0.25) is 0 Å². The molecule has 2 N–H and O–H groups in total. The van der Waals surface area contributed by atoms with Crippen LogP contribution in [0.2, 0.25) is 0 Å². The minimum absolute atomic E-state index is 0.518. The Hall–Kier alpha value is -1.02. The number of hydrogen-bond acceptors (Lipinski definition) is 2. The molecule has 0 aliphatic heterocycles. The largest absolute Gasteiger partial charge is 0.411 e. The third kappa shape index (κ3) is 2.46. The second kappa shape index (κ2) is 4.87. The standard InChI is InChI=1S/C11H17NO/c1-3-6-9(2)10-7-4-5-8-11(10)13-12/h4-5,7-9H,3,6,12H2,1-2H3. The molecule has 0 amide bonds. The molecule has 0 saturated carbocycles. The molecule has 2 nitrogen and oxygen atoms in total. The molecule has 72 valence electrons. The molecule has 1 rings (SSSR count). The highest BCUT2D eigenvalue weighted by molar-refractivity contribution is 5.35. The van der Waals surface area contributed by atoms with Gasteiger partial charge in [0.2, 0.25) is 0 Å². The molecule has 1 aromatic rings. The molecule has 0 saturated heterocycles. The minimum atomic E-state index is 0.518. The van der Waals surface area contributed by atoms with E-state index in [4.69, 9.17) is 10.7 Å². The topological polar surface area (TPSA) is 35.2 Å². The maximum atomic E-state index is 5.18. The maximum absolute atomic E-state index is 5.18. The first-order valence-corrected chi connectivity index (χ1v) is 4.75. The van der Waals surface area contributed by atoms with Crippen LogP contribution in [0.15, 0.2) is 24.3 Å². The summed E-state index contributed by atoms with van der Waals surface area (Å²) in [7, 11) is 0. The van der Waals surface area contributed by atoms with E-state index >= 15 is 0 Å². The van der Waals surface area contributed by atoms with Gasteiger partial charge in [-0.05, 0) is 24.0 Å². The lowest BCUT2D eigenvalue weighted by molar-refractivity contribution is 0.328. The smallest absolute Gasteiger partial charge is 0.150 e. The lowest BCUT2D eigenvalue weighted by atomic mass is 9.96. The SMILES string of the molecule is CCCC(C)c1ccccc1ON. The van der Waals surface area contributed by atoms with E-state index in [9.17, 15) is 0 Å². The number of para-hydroxylation sites is 1. The Morgan fingerprint density at radius 2 is 2.08 bits per heavy atom. The van der Waals surface area contributed by atoms with E-state index in [1.54, 1.807) is 0 Å². The molecule has 1 unspecified atom stereocenters. The first-order chi connectivity index (χ1) is 6.29. The van der Waals surface area contributed by atoms with E-state index in [-0.39, 0.29) is 0 Å². The molecular weight excluding hydrogens is 162 g/mol. The normalized spacial score (nSPS) is 12.5. The Kier molecular flexibility index (Phi) is 3.77. The lowest BCUT2D eigenvalue weighted by Crippen LogP contribution is -2.06. The molecule has 0 aliphatic carbocycles. The second-order valence-electron chi connectivity index (χ2n) is 3.35. The summed E-state index contributed by atoms with van der Waals surface area (Å²) in [5.74, 6) is 6.50. The summed E-state index contributed by atoms with van der Waals surface area (Å²) in [5.41, 5.74) is 1.20. The summed E-state index contributed by atoms with van der Waals surface area (Å²) < 4.78 is 0. The predicted octanol–water partition coefficient (Wildman–Crippen LogP) is 2.84. The molecule has 0 aromatic heterocycles. The third-order valence-corrected chi connectivity index (χ3v) is 2.30. The van der Waals surface area contributed by atoms with Gasteiger partial charge in [0.15, 0.2) is 0 Å². The molecule has 2 heteroatoms. The van der Waals surface area contributed by atoms with Crippen molar-refractivity contribution in [2.24, 2.45) is 5.90 Å². The van der Waals surface area contributed by atoms with Crippen molar-refractivity contribution in [3.8, 4) is 5.75 Å². The van der Waals surface area contributed by atoms with Crippen LogP contribution in [0.5, 0.6) is 5.75 Å². The second-order valence-corrected chi connectivity index (χ2v) is 3.35. The van der Waals surface area contributed by atoms with Crippen LogP contribution in [-0.2, 0) is 0 Å². The van der Waals surface area contributed by atoms with Gasteiger partial charge in [0.1, 0.15) is 5.75 Å². The summed E-state index contributed by atoms with van der Waals surface area (Å²) in [5, 5.41) is 0. The Labute approximate surface area is 79.7 Å². The predicted molar refractivity (Wildman–Crippen MR) is 54.6 cm³/mol. The highest BCUT2D eigenvalue weighted by Gasteiger charge is 2.09. The van der Waals surface area contributed by atoms with Crippen LogP contribution in [-0.4, -0.2) is 0 Å². The highest BCUT2D eigenvalue weighted by Crippen LogP contribution is 2.28.